The predicted molar refractivity (Wildman–Crippen MR) is 79.4 cm³/mol. The molecular weight excluding hydrogens is 284 g/mol. The number of amides is 2. The Balaban J connectivity index is 1.59. The zero-order valence-electron chi connectivity index (χ0n) is 12.3. The number of aromatic nitrogens is 2. The standard InChI is InChI=1S/C15H18N4O3/c1-15(13(20)21)4-5-18(9-15)14(22)17-6-11-2-3-12-7-16-10-19(12)8-11/h2-3,7-8,10H,4-6,9H2,1H3,(H,17,22)(H,20,21). The maximum absolute atomic E-state index is 12.1. The molecule has 22 heavy (non-hydrogen) atoms. The summed E-state index contributed by atoms with van der Waals surface area (Å²) in [5.41, 5.74) is 1.11. The molecule has 1 atom stereocenters. The zero-order valence-corrected chi connectivity index (χ0v) is 12.3. The van der Waals surface area contributed by atoms with Crippen LogP contribution in [0.4, 0.5) is 4.79 Å². The maximum atomic E-state index is 12.1. The smallest absolute Gasteiger partial charge is 0.317 e. The highest BCUT2D eigenvalue weighted by Crippen LogP contribution is 2.29. The summed E-state index contributed by atoms with van der Waals surface area (Å²) in [5, 5.41) is 12.0. The summed E-state index contributed by atoms with van der Waals surface area (Å²) in [7, 11) is 0. The van der Waals surface area contributed by atoms with Gasteiger partial charge in [0.2, 0.25) is 0 Å². The molecule has 0 radical (unpaired) electrons. The molecule has 3 rings (SSSR count). The van der Waals surface area contributed by atoms with Gasteiger partial charge in [0.15, 0.2) is 0 Å². The quantitative estimate of drug-likeness (QED) is 0.895. The normalized spacial score (nSPS) is 21.2. The summed E-state index contributed by atoms with van der Waals surface area (Å²) in [6.07, 6.45) is 5.86. The Morgan fingerprint density at radius 2 is 2.27 bits per heavy atom. The molecule has 1 unspecified atom stereocenters. The van der Waals surface area contributed by atoms with Crippen molar-refractivity contribution >= 4 is 17.5 Å². The lowest BCUT2D eigenvalue weighted by Gasteiger charge is -2.20. The second-order valence-corrected chi connectivity index (χ2v) is 5.96. The van der Waals surface area contributed by atoms with Gasteiger partial charge in [0, 0.05) is 25.8 Å². The number of fused-ring (bicyclic) bond motifs is 1. The molecule has 2 N–H and O–H groups in total. The number of carbonyl (C=O) groups excluding carboxylic acids is 1. The molecule has 0 spiro atoms. The third-order valence-corrected chi connectivity index (χ3v) is 4.19. The highest BCUT2D eigenvalue weighted by molar-refractivity contribution is 5.79. The number of likely N-dealkylation sites (tertiary alicyclic amines) is 1. The minimum atomic E-state index is -0.853. The molecule has 1 aliphatic heterocycles. The Morgan fingerprint density at radius 1 is 1.45 bits per heavy atom. The Hall–Kier alpha value is -2.57. The number of hydrogen-bond acceptors (Lipinski definition) is 3. The Labute approximate surface area is 127 Å². The SMILES string of the molecule is CC1(C(=O)O)CCN(C(=O)NCc2ccc3cncn3c2)C1. The van der Waals surface area contributed by atoms with Gasteiger partial charge in [-0.2, -0.15) is 0 Å². The van der Waals surface area contributed by atoms with Crippen LogP contribution in [-0.4, -0.2) is 44.5 Å². The average Bonchev–Trinajstić information content (AvgIpc) is 3.11. The number of nitrogens with zero attached hydrogens (tertiary/aromatic N) is 3. The van der Waals surface area contributed by atoms with Gasteiger partial charge in [0.25, 0.3) is 0 Å². The number of nitrogens with one attached hydrogen (secondary N) is 1. The number of hydrogen-bond donors (Lipinski definition) is 2. The van der Waals surface area contributed by atoms with Crippen LogP contribution in [0.15, 0.2) is 30.9 Å². The molecular formula is C15H18N4O3. The molecule has 1 fully saturated rings. The van der Waals surface area contributed by atoms with Crippen LogP contribution in [-0.2, 0) is 11.3 Å². The second kappa shape index (κ2) is 5.32. The van der Waals surface area contributed by atoms with Crippen molar-refractivity contribution < 1.29 is 14.7 Å². The van der Waals surface area contributed by atoms with E-state index < -0.39 is 11.4 Å². The molecule has 1 aliphatic rings. The summed E-state index contributed by atoms with van der Waals surface area (Å²) in [6.45, 7) is 2.78. The molecule has 2 aromatic heterocycles. The molecule has 7 heteroatoms. The van der Waals surface area contributed by atoms with Gasteiger partial charge in [-0.1, -0.05) is 6.07 Å². The molecule has 2 aromatic rings. The number of rotatable bonds is 3. The van der Waals surface area contributed by atoms with E-state index >= 15 is 0 Å². The van der Waals surface area contributed by atoms with E-state index in [4.69, 9.17) is 0 Å². The fourth-order valence-electron chi connectivity index (χ4n) is 2.67. The molecule has 2 amide bonds. The summed E-state index contributed by atoms with van der Waals surface area (Å²) in [4.78, 5) is 29.0. The molecule has 116 valence electrons. The molecule has 0 aliphatic carbocycles. The lowest BCUT2D eigenvalue weighted by Crippen LogP contribution is -2.40. The van der Waals surface area contributed by atoms with E-state index in [0.29, 0.717) is 19.5 Å². The lowest BCUT2D eigenvalue weighted by atomic mass is 9.90. The minimum Gasteiger partial charge on any atom is -0.481 e. The Kier molecular flexibility index (Phi) is 3.48. The lowest BCUT2D eigenvalue weighted by molar-refractivity contribution is -0.146. The Bertz CT molecular complexity index is 726. The van der Waals surface area contributed by atoms with Crippen molar-refractivity contribution in [3.63, 3.8) is 0 Å². The van der Waals surface area contributed by atoms with Crippen LogP contribution in [0, 0.1) is 5.41 Å². The first-order valence-corrected chi connectivity index (χ1v) is 7.15. The van der Waals surface area contributed by atoms with Crippen LogP contribution < -0.4 is 5.32 Å². The highest BCUT2D eigenvalue weighted by atomic mass is 16.4. The van der Waals surface area contributed by atoms with Crippen molar-refractivity contribution in [3.05, 3.63) is 36.4 Å². The third kappa shape index (κ3) is 2.61. The third-order valence-electron chi connectivity index (χ3n) is 4.19. The summed E-state index contributed by atoms with van der Waals surface area (Å²) < 4.78 is 1.89. The van der Waals surface area contributed by atoms with Gasteiger partial charge in [0.1, 0.15) is 0 Å². The van der Waals surface area contributed by atoms with Gasteiger partial charge >= 0.3 is 12.0 Å². The van der Waals surface area contributed by atoms with E-state index in [0.717, 1.165) is 11.1 Å². The van der Waals surface area contributed by atoms with Crippen molar-refractivity contribution in [3.8, 4) is 0 Å². The number of carboxylic acid groups (broad SMARTS) is 1. The van der Waals surface area contributed by atoms with Gasteiger partial charge in [-0.3, -0.25) is 4.79 Å². The number of imidazole rings is 1. The maximum Gasteiger partial charge on any atom is 0.317 e. The largest absolute Gasteiger partial charge is 0.481 e. The van der Waals surface area contributed by atoms with Gasteiger partial charge in [-0.15, -0.1) is 0 Å². The topological polar surface area (TPSA) is 86.9 Å². The van der Waals surface area contributed by atoms with Crippen LogP contribution in [0.25, 0.3) is 5.52 Å². The van der Waals surface area contributed by atoms with Crippen LogP contribution in [0.5, 0.6) is 0 Å². The summed E-state index contributed by atoms with van der Waals surface area (Å²) in [6, 6.07) is 3.64. The monoisotopic (exact) mass is 302 g/mol. The first-order valence-electron chi connectivity index (χ1n) is 7.15. The van der Waals surface area contributed by atoms with Crippen molar-refractivity contribution in [1.82, 2.24) is 19.6 Å². The van der Waals surface area contributed by atoms with Crippen molar-refractivity contribution in [2.24, 2.45) is 5.41 Å². The molecule has 0 aromatic carbocycles. The van der Waals surface area contributed by atoms with Crippen molar-refractivity contribution in [2.45, 2.75) is 19.9 Å². The zero-order chi connectivity index (χ0) is 15.7. The molecule has 3 heterocycles. The van der Waals surface area contributed by atoms with Crippen molar-refractivity contribution in [1.29, 1.82) is 0 Å². The van der Waals surface area contributed by atoms with E-state index in [2.05, 4.69) is 10.3 Å². The first kappa shape index (κ1) is 14.4. The minimum absolute atomic E-state index is 0.226. The first-order chi connectivity index (χ1) is 10.5. The van der Waals surface area contributed by atoms with Crippen molar-refractivity contribution in [2.75, 3.05) is 13.1 Å². The predicted octanol–water partition coefficient (Wildman–Crippen LogP) is 1.34. The van der Waals surface area contributed by atoms with Gasteiger partial charge in [-0.25, -0.2) is 9.78 Å². The average molecular weight is 302 g/mol. The number of aliphatic carboxylic acids is 1. The fraction of sp³-hybridized carbons (Fsp3) is 0.400. The fourth-order valence-corrected chi connectivity index (χ4v) is 2.67. The van der Waals surface area contributed by atoms with Gasteiger partial charge < -0.3 is 19.7 Å². The van der Waals surface area contributed by atoms with Crippen LogP contribution in [0.3, 0.4) is 0 Å². The molecule has 0 bridgehead atoms. The van der Waals surface area contributed by atoms with E-state index in [-0.39, 0.29) is 12.6 Å². The summed E-state index contributed by atoms with van der Waals surface area (Å²) >= 11 is 0. The molecule has 1 saturated heterocycles. The van der Waals surface area contributed by atoms with E-state index in [1.807, 2.05) is 22.7 Å². The van der Waals surface area contributed by atoms with Crippen LogP contribution in [0.2, 0.25) is 0 Å². The van der Waals surface area contributed by atoms with Gasteiger partial charge in [-0.05, 0) is 25.0 Å². The second-order valence-electron chi connectivity index (χ2n) is 5.96. The highest BCUT2D eigenvalue weighted by Gasteiger charge is 2.42. The van der Waals surface area contributed by atoms with Crippen LogP contribution in [0.1, 0.15) is 18.9 Å². The van der Waals surface area contributed by atoms with Gasteiger partial charge in [0.05, 0.1) is 23.5 Å². The molecule has 0 saturated carbocycles. The number of urea groups is 1. The number of carbonyl (C=O) groups is 2. The van der Waals surface area contributed by atoms with E-state index in [1.54, 1.807) is 24.3 Å². The van der Waals surface area contributed by atoms with Crippen LogP contribution >= 0.6 is 0 Å². The number of carboxylic acids is 1. The Morgan fingerprint density at radius 3 is 3.00 bits per heavy atom. The van der Waals surface area contributed by atoms with E-state index in [1.165, 1.54) is 0 Å². The number of pyridine rings is 1. The summed E-state index contributed by atoms with van der Waals surface area (Å²) in [5.74, 6) is -0.853. The van der Waals surface area contributed by atoms with E-state index in [9.17, 15) is 14.7 Å². The molecule has 7 nitrogen and oxygen atoms in total.